The average Bonchev–Trinajstić information content (AvgIpc) is 2.85. The van der Waals surface area contributed by atoms with Gasteiger partial charge in [-0.3, -0.25) is 4.79 Å². The summed E-state index contributed by atoms with van der Waals surface area (Å²) in [7, 11) is 0. The molecule has 0 radical (unpaired) electrons. The van der Waals surface area contributed by atoms with Crippen molar-refractivity contribution in [2.45, 2.75) is 58.9 Å². The van der Waals surface area contributed by atoms with Crippen LogP contribution in [0.15, 0.2) is 4.52 Å². The predicted molar refractivity (Wildman–Crippen MR) is 69.6 cm³/mol. The Morgan fingerprint density at radius 3 is 2.72 bits per heavy atom. The minimum atomic E-state index is -0.0310. The van der Waals surface area contributed by atoms with Crippen LogP contribution in [0.4, 0.5) is 0 Å². The van der Waals surface area contributed by atoms with Crippen LogP contribution in [0.2, 0.25) is 0 Å². The highest BCUT2D eigenvalue weighted by molar-refractivity contribution is 5.96. The van der Waals surface area contributed by atoms with E-state index in [1.165, 1.54) is 6.42 Å². The largest absolute Gasteiger partial charge is 0.360 e. The molecule has 1 heterocycles. The maximum Gasteiger partial charge on any atom is 0.257 e. The van der Waals surface area contributed by atoms with Crippen molar-refractivity contribution in [1.29, 1.82) is 0 Å². The fourth-order valence-electron chi connectivity index (χ4n) is 2.65. The number of rotatable bonds is 3. The molecule has 1 fully saturated rings. The second-order valence-corrected chi connectivity index (χ2v) is 5.75. The van der Waals surface area contributed by atoms with Crippen LogP contribution < -0.4 is 5.32 Å². The maximum atomic E-state index is 12.3. The zero-order valence-electron chi connectivity index (χ0n) is 11.6. The van der Waals surface area contributed by atoms with E-state index in [4.69, 9.17) is 4.52 Å². The lowest BCUT2D eigenvalue weighted by molar-refractivity contribution is 0.0934. The highest BCUT2D eigenvalue weighted by Gasteiger charge is 2.27. The van der Waals surface area contributed by atoms with Crippen LogP contribution >= 0.6 is 0 Å². The predicted octanol–water partition coefficient (Wildman–Crippen LogP) is 3.02. The number of carbonyl (C=O) groups excluding carboxylic acids is 1. The summed E-state index contributed by atoms with van der Waals surface area (Å²) in [5.41, 5.74) is 1.31. The van der Waals surface area contributed by atoms with Crippen molar-refractivity contribution in [1.82, 2.24) is 10.5 Å². The highest BCUT2D eigenvalue weighted by atomic mass is 16.5. The van der Waals surface area contributed by atoms with Gasteiger partial charge < -0.3 is 9.84 Å². The molecule has 0 aromatic carbocycles. The van der Waals surface area contributed by atoms with E-state index >= 15 is 0 Å². The summed E-state index contributed by atoms with van der Waals surface area (Å²) in [5, 5.41) is 7.02. The fraction of sp³-hybridized carbons (Fsp3) is 0.714. The van der Waals surface area contributed by atoms with Crippen LogP contribution in [-0.2, 0) is 0 Å². The van der Waals surface area contributed by atoms with Gasteiger partial charge in [0.05, 0.1) is 5.69 Å². The smallest absolute Gasteiger partial charge is 0.257 e. The second kappa shape index (κ2) is 5.12. The van der Waals surface area contributed by atoms with Gasteiger partial charge in [0.25, 0.3) is 5.91 Å². The number of aryl methyl sites for hydroxylation is 1. The van der Waals surface area contributed by atoms with Crippen LogP contribution in [-0.4, -0.2) is 17.1 Å². The molecule has 0 saturated heterocycles. The second-order valence-electron chi connectivity index (χ2n) is 5.75. The van der Waals surface area contributed by atoms with Gasteiger partial charge in [0, 0.05) is 12.0 Å². The van der Waals surface area contributed by atoms with Gasteiger partial charge in [0.2, 0.25) is 0 Å². The molecule has 1 N–H and O–H groups in total. The van der Waals surface area contributed by atoms with Gasteiger partial charge in [-0.05, 0) is 32.1 Å². The Morgan fingerprint density at radius 2 is 2.17 bits per heavy atom. The molecule has 2 rings (SSSR count). The van der Waals surface area contributed by atoms with Crippen LogP contribution in [0, 0.1) is 12.8 Å². The quantitative estimate of drug-likeness (QED) is 0.897. The number of amides is 1. The van der Waals surface area contributed by atoms with Crippen molar-refractivity contribution >= 4 is 5.91 Å². The molecular formula is C14H22N2O2. The van der Waals surface area contributed by atoms with Crippen molar-refractivity contribution in [3.8, 4) is 0 Å². The van der Waals surface area contributed by atoms with Crippen LogP contribution in [0.5, 0.6) is 0 Å². The third-order valence-corrected chi connectivity index (χ3v) is 3.67. The fourth-order valence-corrected chi connectivity index (χ4v) is 2.65. The van der Waals surface area contributed by atoms with Crippen LogP contribution in [0.1, 0.15) is 67.8 Å². The Balaban J connectivity index is 2.11. The summed E-state index contributed by atoms with van der Waals surface area (Å²) in [6, 6.07) is 0.307. The normalized spacial score (nSPS) is 23.6. The molecule has 2 unspecified atom stereocenters. The Morgan fingerprint density at radius 1 is 1.44 bits per heavy atom. The minimum Gasteiger partial charge on any atom is -0.360 e. The van der Waals surface area contributed by atoms with E-state index in [9.17, 15) is 4.79 Å². The molecule has 4 heteroatoms. The van der Waals surface area contributed by atoms with Gasteiger partial charge in [-0.2, -0.15) is 0 Å². The molecule has 2 atom stereocenters. The zero-order valence-corrected chi connectivity index (χ0v) is 11.6. The molecular weight excluding hydrogens is 228 g/mol. The Hall–Kier alpha value is -1.32. The highest BCUT2D eigenvalue weighted by Crippen LogP contribution is 2.26. The lowest BCUT2D eigenvalue weighted by Crippen LogP contribution is -2.33. The van der Waals surface area contributed by atoms with Gasteiger partial charge >= 0.3 is 0 Å². The SMILES string of the molecule is Cc1noc(C(C)C)c1C(=O)NC1CCC(C)C1. The monoisotopic (exact) mass is 250 g/mol. The first-order valence-corrected chi connectivity index (χ1v) is 6.76. The Bertz CT molecular complexity index is 437. The maximum absolute atomic E-state index is 12.3. The summed E-state index contributed by atoms with van der Waals surface area (Å²) < 4.78 is 5.25. The first-order valence-electron chi connectivity index (χ1n) is 6.76. The summed E-state index contributed by atoms with van der Waals surface area (Å²) in [5.74, 6) is 1.55. The van der Waals surface area contributed by atoms with Crippen molar-refractivity contribution < 1.29 is 9.32 Å². The minimum absolute atomic E-state index is 0.0310. The topological polar surface area (TPSA) is 55.1 Å². The molecule has 18 heavy (non-hydrogen) atoms. The molecule has 1 saturated carbocycles. The van der Waals surface area contributed by atoms with Gasteiger partial charge in [-0.1, -0.05) is 25.9 Å². The standard InChI is InChI=1S/C14H22N2O2/c1-8(2)13-12(10(4)16-18-13)14(17)15-11-6-5-9(3)7-11/h8-9,11H,5-7H2,1-4H3,(H,15,17). The van der Waals surface area contributed by atoms with Crippen LogP contribution in [0.3, 0.4) is 0 Å². The van der Waals surface area contributed by atoms with E-state index in [0.717, 1.165) is 12.8 Å². The van der Waals surface area contributed by atoms with E-state index in [2.05, 4.69) is 17.4 Å². The number of nitrogens with zero attached hydrogens (tertiary/aromatic N) is 1. The average molecular weight is 250 g/mol. The number of carbonyl (C=O) groups is 1. The lowest BCUT2D eigenvalue weighted by Gasteiger charge is -2.13. The first kappa shape index (κ1) is 13.1. The van der Waals surface area contributed by atoms with Crippen molar-refractivity contribution in [2.24, 2.45) is 5.92 Å². The third-order valence-electron chi connectivity index (χ3n) is 3.67. The first-order chi connectivity index (χ1) is 8.49. The molecule has 1 aliphatic rings. The van der Waals surface area contributed by atoms with E-state index in [1.54, 1.807) is 0 Å². The lowest BCUT2D eigenvalue weighted by atomic mass is 10.0. The zero-order chi connectivity index (χ0) is 13.3. The number of aromatic nitrogens is 1. The molecule has 1 aliphatic carbocycles. The van der Waals surface area contributed by atoms with Crippen LogP contribution in [0.25, 0.3) is 0 Å². The van der Waals surface area contributed by atoms with Gasteiger partial charge in [0.1, 0.15) is 5.56 Å². The van der Waals surface area contributed by atoms with Gasteiger partial charge in [0.15, 0.2) is 5.76 Å². The summed E-state index contributed by atoms with van der Waals surface area (Å²) in [6.45, 7) is 8.07. The molecule has 0 spiro atoms. The molecule has 0 aliphatic heterocycles. The van der Waals surface area contributed by atoms with E-state index in [0.29, 0.717) is 29.0 Å². The number of nitrogens with one attached hydrogen (secondary N) is 1. The van der Waals surface area contributed by atoms with E-state index in [1.807, 2.05) is 20.8 Å². The summed E-state index contributed by atoms with van der Waals surface area (Å²) in [6.07, 6.45) is 3.35. The number of hydrogen-bond acceptors (Lipinski definition) is 3. The molecule has 0 bridgehead atoms. The third kappa shape index (κ3) is 2.57. The molecule has 4 nitrogen and oxygen atoms in total. The number of hydrogen-bond donors (Lipinski definition) is 1. The molecule has 1 aromatic rings. The van der Waals surface area contributed by atoms with Crippen molar-refractivity contribution in [3.63, 3.8) is 0 Å². The Labute approximate surface area is 108 Å². The molecule has 1 amide bonds. The summed E-state index contributed by atoms with van der Waals surface area (Å²) in [4.78, 5) is 12.3. The molecule has 100 valence electrons. The van der Waals surface area contributed by atoms with Gasteiger partial charge in [-0.25, -0.2) is 0 Å². The summed E-state index contributed by atoms with van der Waals surface area (Å²) >= 11 is 0. The van der Waals surface area contributed by atoms with E-state index < -0.39 is 0 Å². The van der Waals surface area contributed by atoms with Crippen molar-refractivity contribution in [3.05, 3.63) is 17.0 Å². The van der Waals surface area contributed by atoms with E-state index in [-0.39, 0.29) is 11.8 Å². The van der Waals surface area contributed by atoms with Gasteiger partial charge in [-0.15, -0.1) is 0 Å². The van der Waals surface area contributed by atoms with Crippen molar-refractivity contribution in [2.75, 3.05) is 0 Å². The molecule has 1 aromatic heterocycles. The Kier molecular flexibility index (Phi) is 3.73.